The average molecular weight is 352 g/mol. The lowest BCUT2D eigenvalue weighted by atomic mass is 10.2. The summed E-state index contributed by atoms with van der Waals surface area (Å²) in [6.07, 6.45) is 0.985. The number of anilines is 1. The molecule has 2 rings (SSSR count). The van der Waals surface area contributed by atoms with Crippen molar-refractivity contribution in [2.45, 2.75) is 19.9 Å². The number of aryl methyl sites for hydroxylation is 1. The van der Waals surface area contributed by atoms with Gasteiger partial charge in [-0.25, -0.2) is 4.79 Å². The third-order valence-corrected chi connectivity index (χ3v) is 4.75. The molecule has 122 valence electrons. The fourth-order valence-corrected chi connectivity index (χ4v) is 3.01. The first-order chi connectivity index (χ1) is 11.0. The fourth-order valence-electron chi connectivity index (χ4n) is 1.95. The molecule has 1 aromatic heterocycles. The molecule has 3 amide bonds. The number of hydrogen-bond acceptors (Lipinski definition) is 3. The highest BCUT2D eigenvalue weighted by atomic mass is 35.5. The van der Waals surface area contributed by atoms with Crippen molar-refractivity contribution in [2.75, 3.05) is 12.4 Å². The second-order valence-electron chi connectivity index (χ2n) is 4.80. The zero-order chi connectivity index (χ0) is 16.8. The Hall–Kier alpha value is -2.05. The number of carbonyl (C=O) groups is 2. The molecular formula is C16H18ClN3O2S. The van der Waals surface area contributed by atoms with Crippen LogP contribution in [-0.4, -0.2) is 19.0 Å². The van der Waals surface area contributed by atoms with Crippen LogP contribution in [0.3, 0.4) is 0 Å². The van der Waals surface area contributed by atoms with Gasteiger partial charge in [0.1, 0.15) is 0 Å². The highest BCUT2D eigenvalue weighted by Crippen LogP contribution is 2.23. The third kappa shape index (κ3) is 4.71. The molecular weight excluding hydrogens is 334 g/mol. The number of rotatable bonds is 5. The summed E-state index contributed by atoms with van der Waals surface area (Å²) in [5, 5.41) is 8.34. The molecule has 0 bridgehead atoms. The van der Waals surface area contributed by atoms with Gasteiger partial charge in [-0.3, -0.25) is 4.79 Å². The molecule has 0 unspecified atom stereocenters. The quantitative estimate of drug-likeness (QED) is 0.769. The summed E-state index contributed by atoms with van der Waals surface area (Å²) in [5.74, 6) is -0.240. The third-order valence-electron chi connectivity index (χ3n) is 3.19. The number of nitrogens with one attached hydrogen (secondary N) is 3. The lowest BCUT2D eigenvalue weighted by Gasteiger charge is -2.10. The van der Waals surface area contributed by atoms with Crippen molar-refractivity contribution >= 4 is 40.6 Å². The topological polar surface area (TPSA) is 70.2 Å². The summed E-state index contributed by atoms with van der Waals surface area (Å²) in [5.41, 5.74) is 0.823. The maximum atomic E-state index is 12.0. The van der Waals surface area contributed by atoms with Crippen LogP contribution in [0.2, 0.25) is 5.02 Å². The van der Waals surface area contributed by atoms with Crippen LogP contribution in [0.4, 0.5) is 10.5 Å². The van der Waals surface area contributed by atoms with E-state index < -0.39 is 0 Å². The van der Waals surface area contributed by atoms with E-state index in [-0.39, 0.29) is 11.9 Å². The Morgan fingerprint density at radius 1 is 1.17 bits per heavy atom. The van der Waals surface area contributed by atoms with Crippen molar-refractivity contribution in [3.63, 3.8) is 0 Å². The monoisotopic (exact) mass is 351 g/mol. The van der Waals surface area contributed by atoms with Gasteiger partial charge in [-0.15, -0.1) is 11.3 Å². The van der Waals surface area contributed by atoms with Crippen molar-refractivity contribution in [3.05, 3.63) is 50.7 Å². The first kappa shape index (κ1) is 17.3. The van der Waals surface area contributed by atoms with Gasteiger partial charge in [0.05, 0.1) is 17.3 Å². The minimum absolute atomic E-state index is 0.240. The summed E-state index contributed by atoms with van der Waals surface area (Å²) in [4.78, 5) is 26.0. The van der Waals surface area contributed by atoms with E-state index in [1.54, 1.807) is 36.6 Å². The second-order valence-corrected chi connectivity index (χ2v) is 6.46. The van der Waals surface area contributed by atoms with E-state index in [2.05, 4.69) is 28.9 Å². The van der Waals surface area contributed by atoms with Gasteiger partial charge in [-0.2, -0.15) is 0 Å². The standard InChI is InChI=1S/C16H18ClN3O2S/c1-3-11-5-6-12(23-11)9-19-16(22)20-14-8-10(15(21)18-2)4-7-13(14)17/h4-8H,3,9H2,1-2H3,(H,18,21)(H2,19,20,22). The lowest BCUT2D eigenvalue weighted by Crippen LogP contribution is -2.28. The maximum Gasteiger partial charge on any atom is 0.319 e. The molecule has 2 aromatic rings. The number of carbonyl (C=O) groups excluding carboxylic acids is 2. The van der Waals surface area contributed by atoms with Crippen LogP contribution in [0.15, 0.2) is 30.3 Å². The lowest BCUT2D eigenvalue weighted by molar-refractivity contribution is 0.0963. The first-order valence-corrected chi connectivity index (χ1v) is 8.37. The Labute approximate surface area is 144 Å². The van der Waals surface area contributed by atoms with Crippen LogP contribution in [0, 0.1) is 0 Å². The molecule has 3 N–H and O–H groups in total. The molecule has 0 saturated heterocycles. The van der Waals surface area contributed by atoms with Crippen LogP contribution in [0.25, 0.3) is 0 Å². The zero-order valence-electron chi connectivity index (χ0n) is 12.9. The van der Waals surface area contributed by atoms with Crippen LogP contribution in [0.1, 0.15) is 27.0 Å². The van der Waals surface area contributed by atoms with Gasteiger partial charge < -0.3 is 16.0 Å². The summed E-state index contributed by atoms with van der Waals surface area (Å²) in [7, 11) is 1.54. The van der Waals surface area contributed by atoms with E-state index in [9.17, 15) is 9.59 Å². The van der Waals surface area contributed by atoms with Crippen molar-refractivity contribution < 1.29 is 9.59 Å². The van der Waals surface area contributed by atoms with Gasteiger partial charge in [0.25, 0.3) is 5.91 Å². The average Bonchev–Trinajstić information content (AvgIpc) is 3.02. The highest BCUT2D eigenvalue weighted by Gasteiger charge is 2.10. The summed E-state index contributed by atoms with van der Waals surface area (Å²) in [6, 6.07) is 8.41. The van der Waals surface area contributed by atoms with E-state index in [4.69, 9.17) is 11.6 Å². The Balaban J connectivity index is 1.98. The molecule has 0 aliphatic carbocycles. The largest absolute Gasteiger partial charge is 0.355 e. The smallest absolute Gasteiger partial charge is 0.319 e. The number of benzene rings is 1. The minimum Gasteiger partial charge on any atom is -0.355 e. The van der Waals surface area contributed by atoms with Crippen molar-refractivity contribution in [1.82, 2.24) is 10.6 Å². The molecule has 1 aromatic carbocycles. The van der Waals surface area contributed by atoms with Gasteiger partial charge in [0, 0.05) is 22.4 Å². The summed E-state index contributed by atoms with van der Waals surface area (Å²) >= 11 is 7.73. The maximum absolute atomic E-state index is 12.0. The van der Waals surface area contributed by atoms with Gasteiger partial charge in [0.2, 0.25) is 0 Å². The number of halogens is 1. The predicted molar refractivity (Wildman–Crippen MR) is 94.4 cm³/mol. The fraction of sp³-hybridized carbons (Fsp3) is 0.250. The van der Waals surface area contributed by atoms with Crippen LogP contribution in [-0.2, 0) is 13.0 Å². The van der Waals surface area contributed by atoms with E-state index >= 15 is 0 Å². The molecule has 5 nitrogen and oxygen atoms in total. The number of amides is 3. The molecule has 0 aliphatic heterocycles. The number of hydrogen-bond donors (Lipinski definition) is 3. The molecule has 0 atom stereocenters. The Kier molecular flexibility index (Phi) is 6.01. The van der Waals surface area contributed by atoms with Crippen molar-refractivity contribution in [1.29, 1.82) is 0 Å². The van der Waals surface area contributed by atoms with Crippen molar-refractivity contribution in [2.24, 2.45) is 0 Å². The van der Waals surface area contributed by atoms with E-state index in [1.165, 1.54) is 4.88 Å². The molecule has 0 saturated carbocycles. The van der Waals surface area contributed by atoms with E-state index in [0.29, 0.717) is 22.8 Å². The predicted octanol–water partition coefficient (Wildman–Crippen LogP) is 3.65. The van der Waals surface area contributed by atoms with Crippen LogP contribution in [0.5, 0.6) is 0 Å². The number of thiophene rings is 1. The van der Waals surface area contributed by atoms with Gasteiger partial charge in [0.15, 0.2) is 0 Å². The molecule has 1 heterocycles. The highest BCUT2D eigenvalue weighted by molar-refractivity contribution is 7.11. The zero-order valence-corrected chi connectivity index (χ0v) is 14.5. The molecule has 0 aliphatic rings. The summed E-state index contributed by atoms with van der Waals surface area (Å²) in [6.45, 7) is 2.54. The molecule has 0 radical (unpaired) electrons. The Morgan fingerprint density at radius 3 is 2.57 bits per heavy atom. The second kappa shape index (κ2) is 7.99. The van der Waals surface area contributed by atoms with Crippen LogP contribution < -0.4 is 16.0 Å². The first-order valence-electron chi connectivity index (χ1n) is 7.17. The van der Waals surface area contributed by atoms with Gasteiger partial charge >= 0.3 is 6.03 Å². The van der Waals surface area contributed by atoms with E-state index in [1.807, 2.05) is 6.07 Å². The minimum atomic E-state index is -0.368. The van der Waals surface area contributed by atoms with Gasteiger partial charge in [-0.05, 0) is 36.8 Å². The Bertz CT molecular complexity index is 715. The molecule has 7 heteroatoms. The molecule has 0 fully saturated rings. The SMILES string of the molecule is CCc1ccc(CNC(=O)Nc2cc(C(=O)NC)ccc2Cl)s1. The van der Waals surface area contributed by atoms with E-state index in [0.717, 1.165) is 11.3 Å². The molecule has 0 spiro atoms. The number of urea groups is 1. The van der Waals surface area contributed by atoms with Crippen LogP contribution >= 0.6 is 22.9 Å². The summed E-state index contributed by atoms with van der Waals surface area (Å²) < 4.78 is 0. The van der Waals surface area contributed by atoms with Crippen molar-refractivity contribution in [3.8, 4) is 0 Å². The Morgan fingerprint density at radius 2 is 1.91 bits per heavy atom. The molecule has 23 heavy (non-hydrogen) atoms. The van der Waals surface area contributed by atoms with Gasteiger partial charge in [-0.1, -0.05) is 18.5 Å². The normalized spacial score (nSPS) is 10.2.